The number of aromatic nitrogens is 4. The smallest absolute Gasteiger partial charge is 0.232 e. The molecule has 0 atom stereocenters. The van der Waals surface area contributed by atoms with Crippen LogP contribution >= 0.6 is 23.4 Å². The number of hydrogen-bond acceptors (Lipinski definition) is 8. The Morgan fingerprint density at radius 1 is 0.931 bits per heavy atom. The maximum Gasteiger partial charge on any atom is 0.232 e. The van der Waals surface area contributed by atoms with Crippen molar-refractivity contribution in [3.8, 4) is 11.5 Å². The van der Waals surface area contributed by atoms with Crippen molar-refractivity contribution in [2.24, 2.45) is 0 Å². The van der Waals surface area contributed by atoms with E-state index in [0.717, 1.165) is 16.9 Å². The van der Waals surface area contributed by atoms with Gasteiger partial charge in [0.25, 0.3) is 0 Å². The minimum Gasteiger partial charge on any atom is -0.444 e. The predicted molar refractivity (Wildman–Crippen MR) is 116 cm³/mol. The molecule has 0 radical (unpaired) electrons. The standard InChI is InChI=1S/C20H17ClN6OS/c21-14-8-6-13(7-9-14)18-23-16(10-28-18)11-29-12-17-25-19(22)27-20(26-17)24-15-4-2-1-3-5-15/h1-10H,11-12H2,(H3,22,24,25,26,27). The van der Waals surface area contributed by atoms with Crippen molar-refractivity contribution in [3.63, 3.8) is 0 Å². The van der Waals surface area contributed by atoms with Gasteiger partial charge in [-0.05, 0) is 36.4 Å². The van der Waals surface area contributed by atoms with Gasteiger partial charge in [0.15, 0.2) is 0 Å². The third-order valence-corrected chi connectivity index (χ3v) is 5.07. The molecule has 0 unspecified atom stereocenters. The molecule has 0 amide bonds. The third kappa shape index (κ3) is 5.24. The van der Waals surface area contributed by atoms with E-state index in [1.54, 1.807) is 18.0 Å². The first-order chi connectivity index (χ1) is 14.2. The number of halogens is 1. The summed E-state index contributed by atoms with van der Waals surface area (Å²) in [4.78, 5) is 17.3. The van der Waals surface area contributed by atoms with Crippen LogP contribution in [0.5, 0.6) is 0 Å². The van der Waals surface area contributed by atoms with Gasteiger partial charge in [0, 0.05) is 22.0 Å². The van der Waals surface area contributed by atoms with Gasteiger partial charge in [-0.3, -0.25) is 0 Å². The molecule has 4 aromatic rings. The van der Waals surface area contributed by atoms with Gasteiger partial charge in [-0.1, -0.05) is 29.8 Å². The van der Waals surface area contributed by atoms with Gasteiger partial charge in [-0.25, -0.2) is 4.98 Å². The highest BCUT2D eigenvalue weighted by molar-refractivity contribution is 7.97. The van der Waals surface area contributed by atoms with Crippen LogP contribution in [-0.2, 0) is 11.5 Å². The Bertz CT molecular complexity index is 1090. The quantitative estimate of drug-likeness (QED) is 0.430. The van der Waals surface area contributed by atoms with Gasteiger partial charge in [0.05, 0.1) is 11.4 Å². The zero-order chi connectivity index (χ0) is 20.1. The van der Waals surface area contributed by atoms with Crippen LogP contribution in [0.2, 0.25) is 5.02 Å². The number of nitrogens with two attached hydrogens (primary N) is 1. The second-order valence-electron chi connectivity index (χ2n) is 6.07. The summed E-state index contributed by atoms with van der Waals surface area (Å²) < 4.78 is 5.56. The first kappa shape index (κ1) is 19.2. The Balaban J connectivity index is 1.36. The van der Waals surface area contributed by atoms with Crippen LogP contribution in [0.4, 0.5) is 17.6 Å². The van der Waals surface area contributed by atoms with E-state index in [1.807, 2.05) is 54.6 Å². The molecule has 0 aliphatic carbocycles. The number of rotatable bonds is 7. The highest BCUT2D eigenvalue weighted by Gasteiger charge is 2.09. The van der Waals surface area contributed by atoms with Crippen molar-refractivity contribution in [1.82, 2.24) is 19.9 Å². The molecule has 9 heteroatoms. The van der Waals surface area contributed by atoms with Crippen LogP contribution in [0.1, 0.15) is 11.5 Å². The van der Waals surface area contributed by atoms with Crippen molar-refractivity contribution in [1.29, 1.82) is 0 Å². The monoisotopic (exact) mass is 424 g/mol. The number of para-hydroxylation sites is 1. The topological polar surface area (TPSA) is 103 Å². The molecule has 0 fully saturated rings. The van der Waals surface area contributed by atoms with Crippen molar-refractivity contribution in [2.75, 3.05) is 11.1 Å². The Morgan fingerprint density at radius 2 is 1.72 bits per heavy atom. The van der Waals surface area contributed by atoms with Crippen LogP contribution < -0.4 is 11.1 Å². The van der Waals surface area contributed by atoms with Gasteiger partial charge in [-0.15, -0.1) is 11.8 Å². The lowest BCUT2D eigenvalue weighted by Gasteiger charge is -2.07. The summed E-state index contributed by atoms with van der Waals surface area (Å²) in [6.07, 6.45) is 1.65. The number of benzene rings is 2. The third-order valence-electron chi connectivity index (χ3n) is 3.85. The number of anilines is 3. The fourth-order valence-corrected chi connectivity index (χ4v) is 3.44. The van der Waals surface area contributed by atoms with Crippen molar-refractivity contribution >= 4 is 40.9 Å². The van der Waals surface area contributed by atoms with E-state index in [9.17, 15) is 0 Å². The first-order valence-electron chi connectivity index (χ1n) is 8.76. The molecule has 0 bridgehead atoms. The molecule has 0 spiro atoms. The highest BCUT2D eigenvalue weighted by atomic mass is 35.5. The molecule has 2 aromatic heterocycles. The number of nitrogens with zero attached hydrogens (tertiary/aromatic N) is 4. The van der Waals surface area contributed by atoms with Gasteiger partial charge in [0.1, 0.15) is 12.1 Å². The molecule has 3 N–H and O–H groups in total. The molecule has 0 saturated heterocycles. The van der Waals surface area contributed by atoms with Crippen LogP contribution in [0.3, 0.4) is 0 Å². The molecule has 146 valence electrons. The lowest BCUT2D eigenvalue weighted by atomic mass is 10.2. The maximum absolute atomic E-state index is 5.91. The largest absolute Gasteiger partial charge is 0.444 e. The van der Waals surface area contributed by atoms with E-state index in [-0.39, 0.29) is 5.95 Å². The SMILES string of the molecule is Nc1nc(CSCc2coc(-c3ccc(Cl)cc3)n2)nc(Nc2ccccc2)n1. The molecular formula is C20H17ClN6OS. The average molecular weight is 425 g/mol. The van der Waals surface area contributed by atoms with E-state index < -0.39 is 0 Å². The van der Waals surface area contributed by atoms with E-state index in [1.165, 1.54) is 0 Å². The molecule has 7 nitrogen and oxygen atoms in total. The zero-order valence-corrected chi connectivity index (χ0v) is 16.8. The zero-order valence-electron chi connectivity index (χ0n) is 15.2. The van der Waals surface area contributed by atoms with E-state index in [2.05, 4.69) is 25.3 Å². The average Bonchev–Trinajstić information content (AvgIpc) is 3.18. The van der Waals surface area contributed by atoms with Crippen molar-refractivity contribution in [3.05, 3.63) is 77.4 Å². The highest BCUT2D eigenvalue weighted by Crippen LogP contribution is 2.23. The lowest BCUT2D eigenvalue weighted by Crippen LogP contribution is -2.06. The summed E-state index contributed by atoms with van der Waals surface area (Å²) in [5.41, 5.74) is 8.43. The Kier molecular flexibility index (Phi) is 5.92. The second-order valence-corrected chi connectivity index (χ2v) is 7.49. The summed E-state index contributed by atoms with van der Waals surface area (Å²) in [6, 6.07) is 17.0. The summed E-state index contributed by atoms with van der Waals surface area (Å²) >= 11 is 7.53. The molecule has 0 aliphatic heterocycles. The normalized spacial score (nSPS) is 10.8. The minimum absolute atomic E-state index is 0.181. The van der Waals surface area contributed by atoms with Crippen LogP contribution in [0, 0.1) is 0 Å². The van der Waals surface area contributed by atoms with Crippen molar-refractivity contribution in [2.45, 2.75) is 11.5 Å². The Labute approximate surface area is 176 Å². The molecule has 2 heterocycles. The molecule has 0 saturated carbocycles. The maximum atomic E-state index is 5.91. The van der Waals surface area contributed by atoms with Crippen LogP contribution in [0.15, 0.2) is 65.3 Å². The molecular weight excluding hydrogens is 408 g/mol. The van der Waals surface area contributed by atoms with Gasteiger partial charge in [0.2, 0.25) is 17.8 Å². The van der Waals surface area contributed by atoms with Gasteiger partial charge in [-0.2, -0.15) is 15.0 Å². The predicted octanol–water partition coefficient (Wildman–Crippen LogP) is 4.94. The van der Waals surface area contributed by atoms with E-state index in [0.29, 0.717) is 34.2 Å². The number of nitrogen functional groups attached to an aromatic ring is 1. The minimum atomic E-state index is 0.181. The van der Waals surface area contributed by atoms with E-state index in [4.69, 9.17) is 21.8 Å². The summed E-state index contributed by atoms with van der Waals surface area (Å²) in [5, 5.41) is 3.81. The summed E-state index contributed by atoms with van der Waals surface area (Å²) in [7, 11) is 0. The fourth-order valence-electron chi connectivity index (χ4n) is 2.55. The van der Waals surface area contributed by atoms with E-state index >= 15 is 0 Å². The van der Waals surface area contributed by atoms with Gasteiger partial charge < -0.3 is 15.5 Å². The summed E-state index contributed by atoms with van der Waals surface area (Å²) in [5.74, 6) is 2.99. The fraction of sp³-hybridized carbons (Fsp3) is 0.100. The number of hydrogen-bond donors (Lipinski definition) is 2. The Hall–Kier alpha value is -3.10. The molecule has 4 rings (SSSR count). The molecule has 0 aliphatic rings. The number of nitrogens with one attached hydrogen (secondary N) is 1. The second kappa shape index (κ2) is 8.93. The van der Waals surface area contributed by atoms with Crippen molar-refractivity contribution < 1.29 is 4.42 Å². The molecule has 2 aromatic carbocycles. The van der Waals surface area contributed by atoms with Gasteiger partial charge >= 0.3 is 0 Å². The number of thioether (sulfide) groups is 1. The lowest BCUT2D eigenvalue weighted by molar-refractivity contribution is 0.573. The van der Waals surface area contributed by atoms with Crippen LogP contribution in [-0.4, -0.2) is 19.9 Å². The number of oxazole rings is 1. The first-order valence-corrected chi connectivity index (χ1v) is 10.3. The molecule has 29 heavy (non-hydrogen) atoms. The Morgan fingerprint density at radius 3 is 2.52 bits per heavy atom. The van der Waals surface area contributed by atoms with Crippen LogP contribution in [0.25, 0.3) is 11.5 Å². The summed E-state index contributed by atoms with van der Waals surface area (Å²) in [6.45, 7) is 0.